The van der Waals surface area contributed by atoms with E-state index in [0.29, 0.717) is 13.0 Å². The van der Waals surface area contributed by atoms with Crippen LogP contribution in [0.1, 0.15) is 22.3 Å². The summed E-state index contributed by atoms with van der Waals surface area (Å²) in [5.41, 5.74) is 4.37. The first-order chi connectivity index (χ1) is 15.5. The Morgan fingerprint density at radius 3 is 2.03 bits per heavy atom. The first-order valence-corrected chi connectivity index (χ1v) is 11.7. The van der Waals surface area contributed by atoms with Gasteiger partial charge in [0.1, 0.15) is 6.04 Å². The maximum atomic E-state index is 13.4. The molecule has 0 unspecified atom stereocenters. The molecule has 166 valence electrons. The van der Waals surface area contributed by atoms with E-state index in [-0.39, 0.29) is 17.6 Å². The fraction of sp³-hybridized carbons (Fsp3) is 0.259. The molecule has 0 saturated heterocycles. The molecule has 0 heterocycles. The molecule has 4 nitrogen and oxygen atoms in total. The Balaban J connectivity index is 1.85. The lowest BCUT2D eigenvalue weighted by Gasteiger charge is -2.31. The number of aryl methyl sites for hydroxylation is 2. The first kappa shape index (κ1) is 23.6. The van der Waals surface area contributed by atoms with E-state index in [1.807, 2.05) is 92.7 Å². The number of rotatable bonds is 9. The predicted molar refractivity (Wildman–Crippen MR) is 132 cm³/mol. The number of nitrogens with zero attached hydrogens (tertiary/aromatic N) is 1. The van der Waals surface area contributed by atoms with Gasteiger partial charge in [0.2, 0.25) is 11.8 Å². The van der Waals surface area contributed by atoms with Crippen LogP contribution in [0.5, 0.6) is 0 Å². The van der Waals surface area contributed by atoms with Gasteiger partial charge >= 0.3 is 0 Å². The van der Waals surface area contributed by atoms with E-state index in [9.17, 15) is 9.59 Å². The van der Waals surface area contributed by atoms with Crippen LogP contribution in [0.25, 0.3) is 0 Å². The molecule has 0 aromatic heterocycles. The van der Waals surface area contributed by atoms with Crippen molar-refractivity contribution in [2.24, 2.45) is 0 Å². The highest BCUT2D eigenvalue weighted by molar-refractivity contribution is 8.00. The van der Waals surface area contributed by atoms with E-state index in [2.05, 4.69) is 5.32 Å². The number of thioether (sulfide) groups is 1. The molecule has 0 bridgehead atoms. The molecule has 32 heavy (non-hydrogen) atoms. The third-order valence-corrected chi connectivity index (χ3v) is 6.37. The molecule has 0 fully saturated rings. The van der Waals surface area contributed by atoms with Crippen molar-refractivity contribution in [3.05, 3.63) is 101 Å². The van der Waals surface area contributed by atoms with Crippen molar-refractivity contribution < 1.29 is 9.59 Å². The minimum Gasteiger partial charge on any atom is -0.357 e. The van der Waals surface area contributed by atoms with Gasteiger partial charge in [-0.1, -0.05) is 77.9 Å². The number of benzene rings is 3. The molecule has 1 atom stereocenters. The molecule has 0 radical (unpaired) electrons. The first-order valence-electron chi connectivity index (χ1n) is 10.8. The van der Waals surface area contributed by atoms with Gasteiger partial charge in [-0.3, -0.25) is 9.59 Å². The van der Waals surface area contributed by atoms with E-state index in [1.165, 1.54) is 17.3 Å². The molecule has 2 amide bonds. The molecule has 3 aromatic carbocycles. The highest BCUT2D eigenvalue weighted by Gasteiger charge is 2.29. The summed E-state index contributed by atoms with van der Waals surface area (Å²) in [4.78, 5) is 29.1. The van der Waals surface area contributed by atoms with Gasteiger partial charge in [-0.25, -0.2) is 0 Å². The maximum Gasteiger partial charge on any atom is 0.242 e. The Kier molecular flexibility index (Phi) is 8.51. The Hall–Kier alpha value is -3.05. The average molecular weight is 447 g/mol. The topological polar surface area (TPSA) is 49.4 Å². The SMILES string of the molecule is CNC(=O)[C@@H](Cc1ccccc1)N(Cc1ccc(C)cc1)C(=O)CSc1ccc(C)cc1. The minimum absolute atomic E-state index is 0.0549. The van der Waals surface area contributed by atoms with Crippen LogP contribution in [0.3, 0.4) is 0 Å². The van der Waals surface area contributed by atoms with Crippen LogP contribution >= 0.6 is 11.8 Å². The summed E-state index contributed by atoms with van der Waals surface area (Å²) in [6, 6.07) is 25.5. The second-order valence-electron chi connectivity index (χ2n) is 7.93. The largest absolute Gasteiger partial charge is 0.357 e. The van der Waals surface area contributed by atoms with Crippen molar-refractivity contribution in [2.75, 3.05) is 12.8 Å². The van der Waals surface area contributed by atoms with Crippen LogP contribution in [0.15, 0.2) is 83.8 Å². The van der Waals surface area contributed by atoms with Crippen LogP contribution in [0, 0.1) is 13.8 Å². The van der Waals surface area contributed by atoms with E-state index in [1.54, 1.807) is 11.9 Å². The number of hydrogen-bond acceptors (Lipinski definition) is 3. The molecule has 3 aromatic rings. The van der Waals surface area contributed by atoms with Gasteiger partial charge in [0.25, 0.3) is 0 Å². The predicted octanol–water partition coefficient (Wildman–Crippen LogP) is 4.78. The third kappa shape index (κ3) is 6.72. The van der Waals surface area contributed by atoms with Crippen molar-refractivity contribution in [3.8, 4) is 0 Å². The highest BCUT2D eigenvalue weighted by atomic mass is 32.2. The number of hydrogen-bond donors (Lipinski definition) is 1. The molecule has 3 rings (SSSR count). The van der Waals surface area contributed by atoms with Crippen molar-refractivity contribution in [2.45, 2.75) is 37.8 Å². The standard InChI is InChI=1S/C27H30N2O2S/c1-20-9-13-23(14-10-20)18-29(26(30)19-32-24-15-11-21(2)12-16-24)25(27(31)28-3)17-22-7-5-4-6-8-22/h4-16,25H,17-19H2,1-3H3,(H,28,31)/t25-/m1/s1. The molecule has 0 aliphatic rings. The summed E-state index contributed by atoms with van der Waals surface area (Å²) in [5.74, 6) is 0.0624. The van der Waals surface area contributed by atoms with Gasteiger partial charge in [-0.2, -0.15) is 0 Å². The number of likely N-dealkylation sites (N-methyl/N-ethyl adjacent to an activating group) is 1. The second kappa shape index (κ2) is 11.5. The summed E-state index contributed by atoms with van der Waals surface area (Å²) in [7, 11) is 1.62. The maximum absolute atomic E-state index is 13.4. The van der Waals surface area contributed by atoms with Gasteiger partial charge in [0, 0.05) is 24.9 Å². The van der Waals surface area contributed by atoms with Crippen LogP contribution < -0.4 is 5.32 Å². The number of nitrogens with one attached hydrogen (secondary N) is 1. The number of amides is 2. The molecule has 0 saturated carbocycles. The number of carbonyl (C=O) groups excluding carboxylic acids is 2. The average Bonchev–Trinajstić information content (AvgIpc) is 2.82. The lowest BCUT2D eigenvalue weighted by atomic mass is 10.0. The van der Waals surface area contributed by atoms with Crippen molar-refractivity contribution >= 4 is 23.6 Å². The van der Waals surface area contributed by atoms with Crippen LogP contribution in [0.2, 0.25) is 0 Å². The summed E-state index contributed by atoms with van der Waals surface area (Å²) >= 11 is 1.50. The van der Waals surface area contributed by atoms with E-state index >= 15 is 0 Å². The van der Waals surface area contributed by atoms with Crippen molar-refractivity contribution in [1.82, 2.24) is 10.2 Å². The Bertz CT molecular complexity index is 1020. The van der Waals surface area contributed by atoms with Crippen LogP contribution in [-0.4, -0.2) is 35.6 Å². The van der Waals surface area contributed by atoms with Gasteiger partial charge in [-0.15, -0.1) is 11.8 Å². The Morgan fingerprint density at radius 1 is 0.844 bits per heavy atom. The van der Waals surface area contributed by atoms with Crippen LogP contribution in [0.4, 0.5) is 0 Å². The quantitative estimate of drug-likeness (QED) is 0.481. The zero-order valence-corrected chi connectivity index (χ0v) is 19.7. The summed E-state index contributed by atoms with van der Waals surface area (Å²) in [6.45, 7) is 4.46. The Morgan fingerprint density at radius 2 is 1.44 bits per heavy atom. The van der Waals surface area contributed by atoms with Gasteiger partial charge in [0.15, 0.2) is 0 Å². The third-order valence-electron chi connectivity index (χ3n) is 5.37. The minimum atomic E-state index is -0.588. The monoisotopic (exact) mass is 446 g/mol. The zero-order chi connectivity index (χ0) is 22.9. The fourth-order valence-electron chi connectivity index (χ4n) is 3.47. The molecule has 1 N–H and O–H groups in total. The summed E-state index contributed by atoms with van der Waals surface area (Å²) in [5, 5.41) is 2.76. The molecule has 0 aliphatic heterocycles. The second-order valence-corrected chi connectivity index (χ2v) is 8.98. The number of carbonyl (C=O) groups is 2. The fourth-order valence-corrected chi connectivity index (χ4v) is 4.26. The molecular weight excluding hydrogens is 416 g/mol. The highest BCUT2D eigenvalue weighted by Crippen LogP contribution is 2.21. The van der Waals surface area contributed by atoms with Gasteiger partial charge < -0.3 is 10.2 Å². The molecular formula is C27H30N2O2S. The van der Waals surface area contributed by atoms with Crippen molar-refractivity contribution in [1.29, 1.82) is 0 Å². The van der Waals surface area contributed by atoms with Gasteiger partial charge in [0.05, 0.1) is 5.75 Å². The summed E-state index contributed by atoms with van der Waals surface area (Å²) in [6.07, 6.45) is 0.466. The van der Waals surface area contributed by atoms with E-state index in [0.717, 1.165) is 21.6 Å². The molecule has 0 aliphatic carbocycles. The van der Waals surface area contributed by atoms with Gasteiger partial charge in [-0.05, 0) is 37.1 Å². The molecule has 5 heteroatoms. The zero-order valence-electron chi connectivity index (χ0n) is 18.9. The van der Waals surface area contributed by atoms with E-state index < -0.39 is 6.04 Å². The molecule has 0 spiro atoms. The summed E-state index contributed by atoms with van der Waals surface area (Å²) < 4.78 is 0. The van der Waals surface area contributed by atoms with Crippen molar-refractivity contribution in [3.63, 3.8) is 0 Å². The van der Waals surface area contributed by atoms with Crippen LogP contribution in [-0.2, 0) is 22.6 Å². The lowest BCUT2D eigenvalue weighted by Crippen LogP contribution is -2.50. The Labute approximate surface area is 195 Å². The smallest absolute Gasteiger partial charge is 0.242 e. The van der Waals surface area contributed by atoms with E-state index in [4.69, 9.17) is 0 Å². The normalized spacial score (nSPS) is 11.6. The lowest BCUT2D eigenvalue weighted by molar-refractivity contribution is -0.139.